The van der Waals surface area contributed by atoms with Gasteiger partial charge in [-0.1, -0.05) is 0 Å². The van der Waals surface area contributed by atoms with E-state index in [1.807, 2.05) is 0 Å². The number of nitrogens with zero attached hydrogens (tertiary/aromatic N) is 1. The molecule has 1 N–H and O–H groups in total. The molecule has 4 heteroatoms. The van der Waals surface area contributed by atoms with E-state index < -0.39 is 0 Å². The van der Waals surface area contributed by atoms with Crippen molar-refractivity contribution in [3.63, 3.8) is 0 Å². The number of rotatable bonds is 3. The average Bonchev–Trinajstić information content (AvgIpc) is 2.55. The van der Waals surface area contributed by atoms with Gasteiger partial charge in [0.05, 0.1) is 13.0 Å². The van der Waals surface area contributed by atoms with Crippen molar-refractivity contribution in [2.24, 2.45) is 0 Å². The van der Waals surface area contributed by atoms with Gasteiger partial charge >= 0.3 is 0 Å². The number of aliphatic hydroxyl groups is 1. The van der Waals surface area contributed by atoms with Gasteiger partial charge in [-0.15, -0.1) is 0 Å². The molecule has 1 aliphatic rings. The molecule has 0 aromatic heterocycles. The molecule has 4 nitrogen and oxygen atoms in total. The van der Waals surface area contributed by atoms with E-state index in [1.54, 1.807) is 23.1 Å². The van der Waals surface area contributed by atoms with Crippen LogP contribution in [0.5, 0.6) is 0 Å². The zero-order chi connectivity index (χ0) is 11.7. The van der Waals surface area contributed by atoms with E-state index in [0.29, 0.717) is 18.5 Å². The summed E-state index contributed by atoms with van der Waals surface area (Å²) in [5.41, 5.74) is 2.30. The van der Waals surface area contributed by atoms with Crippen LogP contribution in [0.4, 0.5) is 5.69 Å². The molecular weight excluding hydrogens is 206 g/mol. The maximum atomic E-state index is 11.6. The summed E-state index contributed by atoms with van der Waals surface area (Å²) in [5.74, 6) is -0.0272. The van der Waals surface area contributed by atoms with Crippen LogP contribution in [0, 0.1) is 0 Å². The molecule has 0 saturated heterocycles. The van der Waals surface area contributed by atoms with Gasteiger partial charge in [-0.2, -0.15) is 0 Å². The van der Waals surface area contributed by atoms with Crippen molar-refractivity contribution in [2.75, 3.05) is 18.1 Å². The second-order valence-corrected chi connectivity index (χ2v) is 3.85. The van der Waals surface area contributed by atoms with E-state index in [0.717, 1.165) is 11.3 Å². The van der Waals surface area contributed by atoms with Gasteiger partial charge < -0.3 is 10.0 Å². The zero-order valence-corrected chi connectivity index (χ0v) is 9.06. The van der Waals surface area contributed by atoms with E-state index in [1.165, 1.54) is 6.92 Å². The third-order valence-electron chi connectivity index (χ3n) is 2.74. The number of ketones is 1. The first kappa shape index (κ1) is 10.8. The van der Waals surface area contributed by atoms with Crippen molar-refractivity contribution in [1.29, 1.82) is 0 Å². The Morgan fingerprint density at radius 3 is 2.88 bits per heavy atom. The lowest BCUT2D eigenvalue weighted by Crippen LogP contribution is -2.29. The van der Waals surface area contributed by atoms with Crippen molar-refractivity contribution < 1.29 is 14.7 Å². The lowest BCUT2D eigenvalue weighted by Gasteiger charge is -2.15. The molecule has 1 heterocycles. The molecule has 0 bridgehead atoms. The molecule has 0 unspecified atom stereocenters. The molecular formula is C12H13NO3. The van der Waals surface area contributed by atoms with E-state index in [-0.39, 0.29) is 18.3 Å². The standard InChI is InChI=1S/C12H13NO3/c1-8(15)9-2-3-11-10(6-9)7-12(16)13(11)4-5-14/h2-3,6,14H,4-5,7H2,1H3. The zero-order valence-electron chi connectivity index (χ0n) is 9.06. The second-order valence-electron chi connectivity index (χ2n) is 3.85. The fourth-order valence-corrected chi connectivity index (χ4v) is 1.95. The number of carbonyl (C=O) groups is 2. The fourth-order valence-electron chi connectivity index (χ4n) is 1.95. The molecule has 16 heavy (non-hydrogen) atoms. The first-order valence-electron chi connectivity index (χ1n) is 5.18. The van der Waals surface area contributed by atoms with Gasteiger partial charge in [0, 0.05) is 17.8 Å². The van der Waals surface area contributed by atoms with Gasteiger partial charge in [-0.05, 0) is 30.7 Å². The summed E-state index contributed by atoms with van der Waals surface area (Å²) in [7, 11) is 0. The normalized spacial score (nSPS) is 14.1. The Morgan fingerprint density at radius 1 is 1.50 bits per heavy atom. The molecule has 0 radical (unpaired) electrons. The second kappa shape index (κ2) is 4.06. The number of aliphatic hydroxyl groups excluding tert-OH is 1. The van der Waals surface area contributed by atoms with Crippen LogP contribution in [0.3, 0.4) is 0 Å². The van der Waals surface area contributed by atoms with Crippen molar-refractivity contribution in [3.05, 3.63) is 29.3 Å². The van der Waals surface area contributed by atoms with E-state index in [9.17, 15) is 9.59 Å². The van der Waals surface area contributed by atoms with Crippen molar-refractivity contribution in [1.82, 2.24) is 0 Å². The van der Waals surface area contributed by atoms with Gasteiger partial charge in [-0.3, -0.25) is 9.59 Å². The average molecular weight is 219 g/mol. The first-order valence-corrected chi connectivity index (χ1v) is 5.18. The van der Waals surface area contributed by atoms with Crippen LogP contribution in [0.2, 0.25) is 0 Å². The minimum Gasteiger partial charge on any atom is -0.395 e. The largest absolute Gasteiger partial charge is 0.395 e. The summed E-state index contributed by atoms with van der Waals surface area (Å²) in [6.45, 7) is 1.76. The highest BCUT2D eigenvalue weighted by atomic mass is 16.3. The molecule has 0 atom stereocenters. The predicted octanol–water partition coefficient (Wildman–Crippen LogP) is 0.771. The van der Waals surface area contributed by atoms with Crippen LogP contribution in [0.1, 0.15) is 22.8 Å². The molecule has 0 fully saturated rings. The molecule has 0 saturated carbocycles. The van der Waals surface area contributed by atoms with Crippen LogP contribution in [0.15, 0.2) is 18.2 Å². The predicted molar refractivity (Wildman–Crippen MR) is 59.6 cm³/mol. The third kappa shape index (κ3) is 1.72. The van der Waals surface area contributed by atoms with Crippen LogP contribution in [-0.4, -0.2) is 29.9 Å². The molecule has 0 aliphatic carbocycles. The first-order chi connectivity index (χ1) is 7.63. The summed E-state index contributed by atoms with van der Waals surface area (Å²) in [4.78, 5) is 24.4. The topological polar surface area (TPSA) is 57.6 Å². The smallest absolute Gasteiger partial charge is 0.231 e. The summed E-state index contributed by atoms with van der Waals surface area (Å²) in [6.07, 6.45) is 0.316. The van der Waals surface area contributed by atoms with Crippen molar-refractivity contribution in [2.45, 2.75) is 13.3 Å². The molecule has 1 aromatic carbocycles. The van der Waals surface area contributed by atoms with Crippen LogP contribution < -0.4 is 4.90 Å². The number of hydrogen-bond donors (Lipinski definition) is 1. The van der Waals surface area contributed by atoms with Crippen molar-refractivity contribution >= 4 is 17.4 Å². The third-order valence-corrected chi connectivity index (χ3v) is 2.74. The number of amides is 1. The Hall–Kier alpha value is -1.68. The highest BCUT2D eigenvalue weighted by molar-refractivity contribution is 6.03. The highest BCUT2D eigenvalue weighted by Crippen LogP contribution is 2.29. The van der Waals surface area contributed by atoms with Gasteiger partial charge in [0.15, 0.2) is 5.78 Å². The van der Waals surface area contributed by atoms with Gasteiger partial charge in [0.1, 0.15) is 0 Å². The number of hydrogen-bond acceptors (Lipinski definition) is 3. The Labute approximate surface area is 93.5 Å². The van der Waals surface area contributed by atoms with E-state index >= 15 is 0 Å². The highest BCUT2D eigenvalue weighted by Gasteiger charge is 2.26. The summed E-state index contributed by atoms with van der Waals surface area (Å²) in [5, 5.41) is 8.86. The molecule has 1 amide bonds. The van der Waals surface area contributed by atoms with Crippen molar-refractivity contribution in [3.8, 4) is 0 Å². The number of β-amino-alcohol motifs (C(OH)–C–C–N with tert-alkyl or cyclic N) is 1. The molecule has 2 rings (SSSR count). The maximum absolute atomic E-state index is 11.6. The van der Waals surface area contributed by atoms with Gasteiger partial charge in [-0.25, -0.2) is 0 Å². The lowest BCUT2D eigenvalue weighted by atomic mass is 10.1. The number of fused-ring (bicyclic) bond motifs is 1. The number of anilines is 1. The Morgan fingerprint density at radius 2 is 2.25 bits per heavy atom. The Balaban J connectivity index is 2.38. The Kier molecular flexibility index (Phi) is 2.75. The molecule has 1 aromatic rings. The fraction of sp³-hybridized carbons (Fsp3) is 0.333. The number of carbonyl (C=O) groups excluding carboxylic acids is 2. The summed E-state index contributed by atoms with van der Waals surface area (Å²) in [6, 6.07) is 5.24. The van der Waals surface area contributed by atoms with E-state index in [4.69, 9.17) is 5.11 Å². The molecule has 0 spiro atoms. The SMILES string of the molecule is CC(=O)c1ccc2c(c1)CC(=O)N2CCO. The summed E-state index contributed by atoms with van der Waals surface area (Å²) < 4.78 is 0. The van der Waals surface area contributed by atoms with Crippen LogP contribution >= 0.6 is 0 Å². The number of benzene rings is 1. The van der Waals surface area contributed by atoms with Crippen LogP contribution in [-0.2, 0) is 11.2 Å². The minimum absolute atomic E-state index is 0.00384. The summed E-state index contributed by atoms with van der Waals surface area (Å²) >= 11 is 0. The maximum Gasteiger partial charge on any atom is 0.231 e. The monoisotopic (exact) mass is 219 g/mol. The Bertz CT molecular complexity index is 454. The number of Topliss-reactive ketones (excluding diaryl/α,β-unsaturated/α-hetero) is 1. The van der Waals surface area contributed by atoms with Crippen LogP contribution in [0.25, 0.3) is 0 Å². The van der Waals surface area contributed by atoms with Gasteiger partial charge in [0.2, 0.25) is 5.91 Å². The quantitative estimate of drug-likeness (QED) is 0.764. The molecule has 84 valence electrons. The lowest BCUT2D eigenvalue weighted by molar-refractivity contribution is -0.117. The molecule has 1 aliphatic heterocycles. The van der Waals surface area contributed by atoms with Gasteiger partial charge in [0.25, 0.3) is 0 Å². The minimum atomic E-state index is -0.0559. The van der Waals surface area contributed by atoms with E-state index in [2.05, 4.69) is 0 Å².